The van der Waals surface area contributed by atoms with Gasteiger partial charge in [-0.1, -0.05) is 62.2 Å². The first-order chi connectivity index (χ1) is 9.88. The number of fused-ring (bicyclic) bond motifs is 5. The summed E-state index contributed by atoms with van der Waals surface area (Å²) in [5.74, 6) is 1.07. The largest absolute Gasteiger partial charge is 0.369 e. The lowest BCUT2D eigenvalue weighted by atomic mass is 9.77. The van der Waals surface area contributed by atoms with Gasteiger partial charge in [-0.2, -0.15) is 0 Å². The van der Waals surface area contributed by atoms with Crippen molar-refractivity contribution in [2.45, 2.75) is 50.6 Å². The molecule has 1 aromatic rings. The molecule has 0 spiro atoms. The molecule has 0 aromatic heterocycles. The van der Waals surface area contributed by atoms with E-state index in [9.17, 15) is 0 Å². The van der Waals surface area contributed by atoms with E-state index in [2.05, 4.69) is 49.4 Å². The summed E-state index contributed by atoms with van der Waals surface area (Å²) in [6, 6.07) is 10.7. The average Bonchev–Trinajstić information content (AvgIpc) is 3.18. The molecular formula is C18H22O2. The highest BCUT2D eigenvalue weighted by Crippen LogP contribution is 2.55. The molecular weight excluding hydrogens is 248 g/mol. The molecule has 4 rings (SSSR count). The van der Waals surface area contributed by atoms with Crippen LogP contribution in [0, 0.1) is 11.8 Å². The van der Waals surface area contributed by atoms with Crippen LogP contribution in [0.2, 0.25) is 0 Å². The van der Waals surface area contributed by atoms with Crippen LogP contribution in [-0.4, -0.2) is 18.3 Å². The van der Waals surface area contributed by atoms with Crippen molar-refractivity contribution < 1.29 is 9.47 Å². The van der Waals surface area contributed by atoms with Gasteiger partial charge in [0.05, 0.1) is 24.4 Å². The second kappa shape index (κ2) is 5.01. The first-order valence-electron chi connectivity index (χ1n) is 7.92. The molecule has 2 fully saturated rings. The van der Waals surface area contributed by atoms with Gasteiger partial charge in [0.15, 0.2) is 0 Å². The van der Waals surface area contributed by atoms with Crippen LogP contribution in [0.1, 0.15) is 37.9 Å². The van der Waals surface area contributed by atoms with Crippen molar-refractivity contribution in [1.29, 1.82) is 0 Å². The fraction of sp³-hybridized carbons (Fsp3) is 0.556. The first kappa shape index (κ1) is 12.6. The number of hydrogen-bond acceptors (Lipinski definition) is 2. The maximum Gasteiger partial charge on any atom is 0.0889 e. The van der Waals surface area contributed by atoms with Crippen molar-refractivity contribution in [3.8, 4) is 0 Å². The van der Waals surface area contributed by atoms with Gasteiger partial charge in [0.2, 0.25) is 0 Å². The Morgan fingerprint density at radius 2 is 1.70 bits per heavy atom. The molecule has 3 aliphatic rings. The zero-order chi connectivity index (χ0) is 13.5. The van der Waals surface area contributed by atoms with Crippen LogP contribution in [0.4, 0.5) is 0 Å². The molecule has 2 nitrogen and oxygen atoms in total. The molecule has 3 aliphatic heterocycles. The van der Waals surface area contributed by atoms with Gasteiger partial charge >= 0.3 is 0 Å². The minimum atomic E-state index is 0.211. The highest BCUT2D eigenvalue weighted by molar-refractivity contribution is 5.26. The molecule has 2 heteroatoms. The van der Waals surface area contributed by atoms with E-state index in [4.69, 9.17) is 9.47 Å². The SMILES string of the molecule is CCCC[C@H]1O[C@@H](c2ccccc2)[C@H]2[C@H]1[C@@H]1C=C[C@H]2O1. The third kappa shape index (κ3) is 1.86. The molecule has 0 amide bonds. The van der Waals surface area contributed by atoms with E-state index in [0.717, 1.165) is 0 Å². The van der Waals surface area contributed by atoms with Crippen LogP contribution in [-0.2, 0) is 9.47 Å². The van der Waals surface area contributed by atoms with Crippen molar-refractivity contribution in [3.05, 3.63) is 48.0 Å². The second-order valence-corrected chi connectivity index (χ2v) is 6.25. The van der Waals surface area contributed by atoms with E-state index in [0.29, 0.717) is 24.0 Å². The smallest absolute Gasteiger partial charge is 0.0889 e. The number of ether oxygens (including phenoxy) is 2. The number of hydrogen-bond donors (Lipinski definition) is 0. The third-order valence-corrected chi connectivity index (χ3v) is 5.08. The molecule has 1 aromatic carbocycles. The van der Waals surface area contributed by atoms with Crippen molar-refractivity contribution in [3.63, 3.8) is 0 Å². The van der Waals surface area contributed by atoms with Gasteiger partial charge in [-0.15, -0.1) is 0 Å². The molecule has 2 bridgehead atoms. The summed E-state index contributed by atoms with van der Waals surface area (Å²) in [4.78, 5) is 0. The van der Waals surface area contributed by atoms with Crippen molar-refractivity contribution in [1.82, 2.24) is 0 Å². The summed E-state index contributed by atoms with van der Waals surface area (Å²) in [6.07, 6.45) is 9.28. The lowest BCUT2D eigenvalue weighted by molar-refractivity contribution is -0.0262. The summed E-state index contributed by atoms with van der Waals surface area (Å²) in [5.41, 5.74) is 1.31. The quantitative estimate of drug-likeness (QED) is 0.773. The number of benzene rings is 1. The molecule has 0 saturated carbocycles. The molecule has 3 heterocycles. The molecule has 0 radical (unpaired) electrons. The van der Waals surface area contributed by atoms with Gasteiger partial charge in [-0.05, 0) is 12.0 Å². The zero-order valence-electron chi connectivity index (χ0n) is 11.9. The van der Waals surface area contributed by atoms with E-state index in [1.807, 2.05) is 0 Å². The minimum absolute atomic E-state index is 0.211. The van der Waals surface area contributed by atoms with Crippen LogP contribution in [0.5, 0.6) is 0 Å². The highest BCUT2D eigenvalue weighted by atomic mass is 16.5. The summed E-state index contributed by atoms with van der Waals surface area (Å²) >= 11 is 0. The molecule has 20 heavy (non-hydrogen) atoms. The van der Waals surface area contributed by atoms with E-state index in [1.54, 1.807) is 0 Å². The Bertz CT molecular complexity index is 495. The normalized spacial score (nSPS) is 41.2. The van der Waals surface area contributed by atoms with Crippen LogP contribution in [0.15, 0.2) is 42.5 Å². The fourth-order valence-electron chi connectivity index (χ4n) is 4.18. The molecule has 6 atom stereocenters. The molecule has 106 valence electrons. The van der Waals surface area contributed by atoms with Crippen molar-refractivity contribution >= 4 is 0 Å². The molecule has 0 aliphatic carbocycles. The van der Waals surface area contributed by atoms with Crippen molar-refractivity contribution in [2.75, 3.05) is 0 Å². The van der Waals surface area contributed by atoms with Gasteiger partial charge in [-0.3, -0.25) is 0 Å². The van der Waals surface area contributed by atoms with Crippen LogP contribution in [0.3, 0.4) is 0 Å². The lowest BCUT2D eigenvalue weighted by Gasteiger charge is -2.21. The first-order valence-corrected chi connectivity index (χ1v) is 7.92. The Labute approximate surface area is 120 Å². The van der Waals surface area contributed by atoms with E-state index < -0.39 is 0 Å². The lowest BCUT2D eigenvalue weighted by Crippen LogP contribution is -2.28. The summed E-state index contributed by atoms with van der Waals surface area (Å²) < 4.78 is 12.6. The fourth-order valence-corrected chi connectivity index (χ4v) is 4.18. The summed E-state index contributed by atoms with van der Waals surface area (Å²) in [7, 11) is 0. The second-order valence-electron chi connectivity index (χ2n) is 6.25. The van der Waals surface area contributed by atoms with E-state index >= 15 is 0 Å². The van der Waals surface area contributed by atoms with E-state index in [-0.39, 0.29) is 12.2 Å². The topological polar surface area (TPSA) is 18.5 Å². The van der Waals surface area contributed by atoms with E-state index in [1.165, 1.54) is 24.8 Å². The number of rotatable bonds is 4. The molecule has 0 N–H and O–H groups in total. The van der Waals surface area contributed by atoms with Gasteiger partial charge in [0.25, 0.3) is 0 Å². The molecule has 0 unspecified atom stereocenters. The maximum atomic E-state index is 6.48. The Morgan fingerprint density at radius 1 is 0.950 bits per heavy atom. The minimum Gasteiger partial charge on any atom is -0.369 e. The molecule has 2 saturated heterocycles. The predicted octanol–water partition coefficient (Wildman–Crippen LogP) is 3.89. The van der Waals surface area contributed by atoms with Crippen LogP contribution >= 0.6 is 0 Å². The van der Waals surface area contributed by atoms with Crippen LogP contribution < -0.4 is 0 Å². The Kier molecular flexibility index (Phi) is 3.16. The highest BCUT2D eigenvalue weighted by Gasteiger charge is 2.57. The van der Waals surface area contributed by atoms with Gasteiger partial charge in [0, 0.05) is 11.8 Å². The summed E-state index contributed by atoms with van der Waals surface area (Å²) in [5, 5.41) is 0. The average molecular weight is 270 g/mol. The maximum absolute atomic E-state index is 6.48. The standard InChI is InChI=1S/C18H22O2/c1-2-3-9-13-16-14-10-11-15(19-14)17(16)18(20-13)12-7-5-4-6-8-12/h4-8,10-11,13-18H,2-3,9H2,1H3/t13-,14+,15-,16-,17-,18+/m1/s1. The zero-order valence-corrected chi connectivity index (χ0v) is 11.9. The number of unbranched alkanes of at least 4 members (excludes halogenated alkanes) is 1. The van der Waals surface area contributed by atoms with Crippen LogP contribution in [0.25, 0.3) is 0 Å². The monoisotopic (exact) mass is 270 g/mol. The Morgan fingerprint density at radius 3 is 2.45 bits per heavy atom. The predicted molar refractivity (Wildman–Crippen MR) is 78.4 cm³/mol. The van der Waals surface area contributed by atoms with Gasteiger partial charge < -0.3 is 9.47 Å². The Hall–Kier alpha value is -1.12. The van der Waals surface area contributed by atoms with Gasteiger partial charge in [0.1, 0.15) is 0 Å². The van der Waals surface area contributed by atoms with Gasteiger partial charge in [-0.25, -0.2) is 0 Å². The third-order valence-electron chi connectivity index (χ3n) is 5.08. The summed E-state index contributed by atoms with van der Waals surface area (Å²) in [6.45, 7) is 2.25. The Balaban J connectivity index is 1.63. The van der Waals surface area contributed by atoms with Crippen molar-refractivity contribution in [2.24, 2.45) is 11.8 Å².